The zero-order valence-corrected chi connectivity index (χ0v) is 20.6. The van der Waals surface area contributed by atoms with Gasteiger partial charge in [0.25, 0.3) is 0 Å². The van der Waals surface area contributed by atoms with Gasteiger partial charge in [0.2, 0.25) is 0 Å². The molecule has 1 fully saturated rings. The van der Waals surface area contributed by atoms with Crippen LogP contribution in [0.15, 0.2) is 23.8 Å². The van der Waals surface area contributed by atoms with E-state index in [2.05, 4.69) is 59.8 Å². The van der Waals surface area contributed by atoms with Crippen molar-refractivity contribution in [3.8, 4) is 0 Å². The molecule has 0 radical (unpaired) electrons. The molecule has 2 N–H and O–H groups in total. The van der Waals surface area contributed by atoms with Crippen molar-refractivity contribution in [1.82, 2.24) is 0 Å². The fourth-order valence-electron chi connectivity index (χ4n) is 5.88. The smallest absolute Gasteiger partial charge is 0.200 e. The Balaban J connectivity index is 2.34. The first-order valence-electron chi connectivity index (χ1n) is 11.2. The molecule has 0 unspecified atom stereocenters. The van der Waals surface area contributed by atoms with E-state index in [0.717, 1.165) is 18.4 Å². The molecule has 0 saturated heterocycles. The summed E-state index contributed by atoms with van der Waals surface area (Å²) in [4.78, 5) is 0. The minimum Gasteiger partial charge on any atom is -0.415 e. The average molecular weight is 409 g/mol. The van der Waals surface area contributed by atoms with Crippen LogP contribution in [0.5, 0.6) is 0 Å². The van der Waals surface area contributed by atoms with Gasteiger partial charge in [0.15, 0.2) is 8.32 Å². The summed E-state index contributed by atoms with van der Waals surface area (Å²) < 4.78 is 6.92. The van der Waals surface area contributed by atoms with Gasteiger partial charge in [-0.2, -0.15) is 0 Å². The lowest BCUT2D eigenvalue weighted by Gasteiger charge is -2.43. The molecule has 4 heteroatoms. The summed E-state index contributed by atoms with van der Waals surface area (Å²) in [6.07, 6.45) is 8.30. The number of fused-ring (bicyclic) bond motifs is 1. The minimum absolute atomic E-state index is 0.0816. The van der Waals surface area contributed by atoms with Gasteiger partial charge in [-0.1, -0.05) is 59.8 Å². The molecule has 28 heavy (non-hydrogen) atoms. The number of hydrogen-bond donors (Lipinski definition) is 2. The molecule has 0 aromatic rings. The van der Waals surface area contributed by atoms with E-state index in [0.29, 0.717) is 29.1 Å². The van der Waals surface area contributed by atoms with E-state index in [1.165, 1.54) is 0 Å². The second kappa shape index (κ2) is 8.37. The second-order valence-corrected chi connectivity index (χ2v) is 16.4. The molecule has 1 saturated carbocycles. The monoisotopic (exact) mass is 408 g/mol. The van der Waals surface area contributed by atoms with Crippen LogP contribution in [0.1, 0.15) is 75.2 Å². The Morgan fingerprint density at radius 1 is 1.11 bits per heavy atom. The van der Waals surface area contributed by atoms with Crippen LogP contribution in [0.25, 0.3) is 0 Å². The molecule has 2 rings (SSSR count). The van der Waals surface area contributed by atoms with Crippen molar-refractivity contribution in [2.45, 2.75) is 103 Å². The van der Waals surface area contributed by atoms with E-state index in [1.807, 2.05) is 20.8 Å². The molecule has 4 atom stereocenters. The molecule has 0 spiro atoms. The summed E-state index contributed by atoms with van der Waals surface area (Å²) in [6, 6.07) is 0. The highest BCUT2D eigenvalue weighted by atomic mass is 28.4. The third kappa shape index (κ3) is 4.50. The van der Waals surface area contributed by atoms with Crippen LogP contribution in [0.3, 0.4) is 0 Å². The first-order valence-corrected chi connectivity index (χ1v) is 13.4. The van der Waals surface area contributed by atoms with Gasteiger partial charge < -0.3 is 14.6 Å². The summed E-state index contributed by atoms with van der Waals surface area (Å²) >= 11 is 0. The fraction of sp³-hybridized carbons (Fsp3) is 0.833. The molecule has 3 nitrogen and oxygen atoms in total. The van der Waals surface area contributed by atoms with E-state index in [1.54, 1.807) is 0 Å². The third-order valence-corrected chi connectivity index (χ3v) is 13.5. The standard InChI is InChI=1S/C24H44O3Si/c1-16(2)28(17(3)4,18(5)6)27-15-19-10-11-20(23(7,8)25)14-22-21(19)12-13-24(22,9)26/h10-11,14,16-21,25-26H,12-13,15H2,1-9H3/t19-,20-,21+,24-/m0/s1. The Kier molecular flexibility index (Phi) is 7.13. The van der Waals surface area contributed by atoms with Crippen LogP contribution in [0.4, 0.5) is 0 Å². The summed E-state index contributed by atoms with van der Waals surface area (Å²) in [7, 11) is -1.93. The van der Waals surface area contributed by atoms with Gasteiger partial charge in [-0.25, -0.2) is 0 Å². The summed E-state index contributed by atoms with van der Waals surface area (Å²) in [5, 5.41) is 21.6. The average Bonchev–Trinajstić information content (AvgIpc) is 2.71. The van der Waals surface area contributed by atoms with Crippen LogP contribution in [0, 0.1) is 17.8 Å². The molecule has 0 aromatic carbocycles. The lowest BCUT2D eigenvalue weighted by Crippen LogP contribution is -2.48. The van der Waals surface area contributed by atoms with Crippen LogP contribution >= 0.6 is 0 Å². The van der Waals surface area contributed by atoms with Crippen molar-refractivity contribution in [2.24, 2.45) is 17.8 Å². The van der Waals surface area contributed by atoms with E-state index in [9.17, 15) is 10.2 Å². The Morgan fingerprint density at radius 3 is 2.11 bits per heavy atom. The largest absolute Gasteiger partial charge is 0.415 e. The Hall–Kier alpha value is -0.423. The van der Waals surface area contributed by atoms with E-state index in [-0.39, 0.29) is 11.8 Å². The molecule has 0 heterocycles. The highest BCUT2D eigenvalue weighted by Gasteiger charge is 2.48. The molecule has 0 bridgehead atoms. The Bertz CT molecular complexity index is 574. The maximum atomic E-state index is 11.0. The Morgan fingerprint density at radius 2 is 1.64 bits per heavy atom. The minimum atomic E-state index is -1.93. The Labute approximate surface area is 174 Å². The second-order valence-electron chi connectivity index (χ2n) is 10.9. The van der Waals surface area contributed by atoms with Gasteiger partial charge in [-0.05, 0) is 61.7 Å². The van der Waals surface area contributed by atoms with Gasteiger partial charge in [0.05, 0.1) is 11.2 Å². The van der Waals surface area contributed by atoms with Gasteiger partial charge >= 0.3 is 0 Å². The molecule has 0 amide bonds. The van der Waals surface area contributed by atoms with Gasteiger partial charge in [0.1, 0.15) is 0 Å². The van der Waals surface area contributed by atoms with Gasteiger partial charge in [-0.15, -0.1) is 0 Å². The van der Waals surface area contributed by atoms with E-state index >= 15 is 0 Å². The predicted molar refractivity (Wildman–Crippen MR) is 121 cm³/mol. The maximum Gasteiger partial charge on any atom is 0.200 e. The van der Waals surface area contributed by atoms with Crippen LogP contribution in [-0.2, 0) is 4.43 Å². The molecule has 2 aliphatic carbocycles. The van der Waals surface area contributed by atoms with E-state index in [4.69, 9.17) is 4.43 Å². The predicted octanol–water partition coefficient (Wildman–Crippen LogP) is 5.84. The van der Waals surface area contributed by atoms with Gasteiger partial charge in [-0.3, -0.25) is 0 Å². The molecular weight excluding hydrogens is 364 g/mol. The van der Waals surface area contributed by atoms with Gasteiger partial charge in [0, 0.05) is 18.4 Å². The molecule has 2 aliphatic rings. The number of aliphatic hydroxyl groups is 2. The summed E-state index contributed by atoms with van der Waals surface area (Å²) in [6.45, 7) is 20.3. The lowest BCUT2D eigenvalue weighted by atomic mass is 9.84. The molecule has 0 aliphatic heterocycles. The van der Waals surface area contributed by atoms with Crippen LogP contribution in [-0.4, -0.2) is 36.3 Å². The van der Waals surface area contributed by atoms with Crippen molar-refractivity contribution in [3.63, 3.8) is 0 Å². The van der Waals surface area contributed by atoms with Crippen LogP contribution in [0.2, 0.25) is 16.6 Å². The highest BCUT2D eigenvalue weighted by Crippen LogP contribution is 2.48. The molecule has 0 aromatic heterocycles. The lowest BCUT2D eigenvalue weighted by molar-refractivity contribution is 0.0524. The summed E-state index contributed by atoms with van der Waals surface area (Å²) in [5.41, 5.74) is 1.17. The van der Waals surface area contributed by atoms with Crippen molar-refractivity contribution in [2.75, 3.05) is 6.61 Å². The zero-order chi connectivity index (χ0) is 21.5. The maximum absolute atomic E-state index is 11.0. The van der Waals surface area contributed by atoms with Crippen molar-refractivity contribution >= 4 is 8.32 Å². The number of rotatable bonds is 7. The molecular formula is C24H44O3Si. The van der Waals surface area contributed by atoms with Crippen molar-refractivity contribution < 1.29 is 14.6 Å². The quantitative estimate of drug-likeness (QED) is 0.411. The van der Waals surface area contributed by atoms with Crippen molar-refractivity contribution in [1.29, 1.82) is 0 Å². The normalized spacial score (nSPS) is 31.5. The first kappa shape index (κ1) is 23.9. The fourth-order valence-corrected chi connectivity index (χ4v) is 11.4. The summed E-state index contributed by atoms with van der Waals surface area (Å²) in [5.74, 6) is 0.481. The number of hydrogen-bond acceptors (Lipinski definition) is 3. The van der Waals surface area contributed by atoms with Crippen LogP contribution < -0.4 is 0 Å². The highest BCUT2D eigenvalue weighted by molar-refractivity contribution is 6.77. The molecule has 162 valence electrons. The zero-order valence-electron chi connectivity index (χ0n) is 19.6. The third-order valence-electron chi connectivity index (χ3n) is 7.45. The SMILES string of the molecule is CC(C)[Si](OC[C@@H]1C=C[C@H](C(C)(C)O)C=C2[C@@H]1CC[C@]2(C)O)(C(C)C)C(C)C. The van der Waals surface area contributed by atoms with E-state index < -0.39 is 19.5 Å². The van der Waals surface area contributed by atoms with Crippen molar-refractivity contribution in [3.05, 3.63) is 23.8 Å². The topological polar surface area (TPSA) is 49.7 Å². The first-order chi connectivity index (χ1) is 12.7.